The zero-order valence-electron chi connectivity index (χ0n) is 9.85. The molecule has 17 heavy (non-hydrogen) atoms. The third-order valence-electron chi connectivity index (χ3n) is 3.47. The number of aromatic nitrogens is 3. The van der Waals surface area contributed by atoms with Crippen LogP contribution in [-0.2, 0) is 6.42 Å². The van der Waals surface area contributed by atoms with Gasteiger partial charge in [-0.3, -0.25) is 5.10 Å². The van der Waals surface area contributed by atoms with E-state index < -0.39 is 0 Å². The van der Waals surface area contributed by atoms with Crippen molar-refractivity contribution < 1.29 is 0 Å². The summed E-state index contributed by atoms with van der Waals surface area (Å²) in [5.74, 6) is 2.63. The van der Waals surface area contributed by atoms with Gasteiger partial charge >= 0.3 is 0 Å². The average Bonchev–Trinajstić information content (AvgIpc) is 3.02. The molecule has 2 aromatic rings. The Morgan fingerprint density at radius 3 is 2.94 bits per heavy atom. The van der Waals surface area contributed by atoms with Crippen LogP contribution in [0.2, 0.25) is 0 Å². The minimum Gasteiger partial charge on any atom is -0.263 e. The van der Waals surface area contributed by atoms with Crippen molar-refractivity contribution in [1.82, 2.24) is 15.2 Å². The molecule has 1 fully saturated rings. The molecule has 2 aromatic heterocycles. The van der Waals surface area contributed by atoms with Crippen molar-refractivity contribution in [2.45, 2.75) is 44.4 Å². The highest BCUT2D eigenvalue weighted by molar-refractivity contribution is 7.07. The Morgan fingerprint density at radius 1 is 1.29 bits per heavy atom. The first kappa shape index (κ1) is 11.0. The predicted molar refractivity (Wildman–Crippen MR) is 69.3 cm³/mol. The van der Waals surface area contributed by atoms with E-state index in [0.717, 1.165) is 18.1 Å². The molecule has 0 aliphatic heterocycles. The topological polar surface area (TPSA) is 41.6 Å². The van der Waals surface area contributed by atoms with Crippen molar-refractivity contribution in [3.8, 4) is 0 Å². The monoisotopic (exact) mass is 247 g/mol. The summed E-state index contributed by atoms with van der Waals surface area (Å²) in [5.41, 5.74) is 1.32. The van der Waals surface area contributed by atoms with Crippen LogP contribution < -0.4 is 0 Å². The van der Waals surface area contributed by atoms with E-state index in [1.165, 1.54) is 37.7 Å². The van der Waals surface area contributed by atoms with Gasteiger partial charge in [-0.05, 0) is 35.2 Å². The molecule has 0 bridgehead atoms. The number of rotatable bonds is 3. The highest BCUT2D eigenvalue weighted by Crippen LogP contribution is 2.30. The normalized spacial score (nSPS) is 17.4. The van der Waals surface area contributed by atoms with E-state index in [1.54, 1.807) is 11.3 Å². The average molecular weight is 247 g/mol. The van der Waals surface area contributed by atoms with Crippen LogP contribution in [0.15, 0.2) is 16.8 Å². The van der Waals surface area contributed by atoms with Gasteiger partial charge in [-0.15, -0.1) is 0 Å². The Bertz CT molecular complexity index is 455. The number of nitrogens with one attached hydrogen (secondary N) is 1. The molecule has 4 heteroatoms. The van der Waals surface area contributed by atoms with E-state index in [2.05, 4.69) is 32.0 Å². The lowest BCUT2D eigenvalue weighted by Crippen LogP contribution is -2.06. The molecule has 0 unspecified atom stereocenters. The van der Waals surface area contributed by atoms with Crippen molar-refractivity contribution in [1.29, 1.82) is 0 Å². The van der Waals surface area contributed by atoms with Gasteiger partial charge < -0.3 is 0 Å². The lowest BCUT2D eigenvalue weighted by Gasteiger charge is -2.17. The van der Waals surface area contributed by atoms with Gasteiger partial charge in [-0.1, -0.05) is 19.3 Å². The van der Waals surface area contributed by atoms with Crippen LogP contribution in [0.3, 0.4) is 0 Å². The van der Waals surface area contributed by atoms with Crippen molar-refractivity contribution in [3.63, 3.8) is 0 Å². The molecule has 1 N–H and O–H groups in total. The van der Waals surface area contributed by atoms with Crippen LogP contribution in [0, 0.1) is 0 Å². The molecule has 90 valence electrons. The number of hydrogen-bond acceptors (Lipinski definition) is 3. The molecule has 0 saturated heterocycles. The number of thiophene rings is 1. The summed E-state index contributed by atoms with van der Waals surface area (Å²) >= 11 is 1.73. The van der Waals surface area contributed by atoms with Crippen LogP contribution in [-0.4, -0.2) is 15.2 Å². The van der Waals surface area contributed by atoms with Gasteiger partial charge in [0.25, 0.3) is 0 Å². The van der Waals surface area contributed by atoms with E-state index >= 15 is 0 Å². The molecule has 0 amide bonds. The lowest BCUT2D eigenvalue weighted by atomic mass is 9.89. The largest absolute Gasteiger partial charge is 0.263 e. The van der Waals surface area contributed by atoms with Gasteiger partial charge in [0.2, 0.25) is 0 Å². The quantitative estimate of drug-likeness (QED) is 0.901. The standard InChI is InChI=1S/C13H17N3S/c1-2-4-11(5-3-1)13-14-12(15-16-13)8-10-6-7-17-9-10/h6-7,9,11H,1-5,8H2,(H,14,15,16). The molecule has 0 radical (unpaired) electrons. The number of aromatic amines is 1. The van der Waals surface area contributed by atoms with Gasteiger partial charge in [0.15, 0.2) is 5.82 Å². The number of hydrogen-bond donors (Lipinski definition) is 1. The molecule has 0 atom stereocenters. The maximum atomic E-state index is 4.65. The zero-order chi connectivity index (χ0) is 11.5. The van der Waals surface area contributed by atoms with Crippen molar-refractivity contribution in [2.24, 2.45) is 0 Å². The second-order valence-electron chi connectivity index (χ2n) is 4.78. The molecule has 1 saturated carbocycles. The highest BCUT2D eigenvalue weighted by Gasteiger charge is 2.19. The highest BCUT2D eigenvalue weighted by atomic mass is 32.1. The summed E-state index contributed by atoms with van der Waals surface area (Å²) in [5, 5.41) is 11.7. The third kappa shape index (κ3) is 2.57. The SMILES string of the molecule is c1cc(Cc2nc(C3CCCCC3)n[nH]2)cs1. The smallest absolute Gasteiger partial charge is 0.153 e. The third-order valence-corrected chi connectivity index (χ3v) is 4.20. The van der Waals surface area contributed by atoms with Crippen molar-refractivity contribution in [2.75, 3.05) is 0 Å². The maximum Gasteiger partial charge on any atom is 0.153 e. The summed E-state index contributed by atoms with van der Waals surface area (Å²) in [4.78, 5) is 4.65. The lowest BCUT2D eigenvalue weighted by molar-refractivity contribution is 0.429. The van der Waals surface area contributed by atoms with Crippen LogP contribution in [0.4, 0.5) is 0 Å². The van der Waals surface area contributed by atoms with E-state index in [4.69, 9.17) is 0 Å². The van der Waals surface area contributed by atoms with Gasteiger partial charge in [0.1, 0.15) is 5.82 Å². The van der Waals surface area contributed by atoms with Crippen LogP contribution >= 0.6 is 11.3 Å². The first-order valence-corrected chi connectivity index (χ1v) is 7.28. The maximum absolute atomic E-state index is 4.65. The summed E-state index contributed by atoms with van der Waals surface area (Å²) in [6.07, 6.45) is 7.44. The van der Waals surface area contributed by atoms with E-state index in [-0.39, 0.29) is 0 Å². The second-order valence-corrected chi connectivity index (χ2v) is 5.56. The molecular formula is C13H17N3S. The zero-order valence-corrected chi connectivity index (χ0v) is 10.7. The molecule has 0 aromatic carbocycles. The number of nitrogens with zero attached hydrogens (tertiary/aromatic N) is 2. The number of H-pyrrole nitrogens is 1. The minimum atomic E-state index is 0.594. The van der Waals surface area contributed by atoms with Crippen LogP contribution in [0.1, 0.15) is 55.2 Å². The predicted octanol–water partition coefficient (Wildman–Crippen LogP) is 3.50. The van der Waals surface area contributed by atoms with E-state index in [9.17, 15) is 0 Å². The second kappa shape index (κ2) is 5.00. The molecule has 2 heterocycles. The molecule has 1 aliphatic rings. The van der Waals surface area contributed by atoms with Crippen LogP contribution in [0.25, 0.3) is 0 Å². The fraction of sp³-hybridized carbons (Fsp3) is 0.538. The minimum absolute atomic E-state index is 0.594. The summed E-state index contributed by atoms with van der Waals surface area (Å²) in [6.45, 7) is 0. The fourth-order valence-corrected chi connectivity index (χ4v) is 3.19. The summed E-state index contributed by atoms with van der Waals surface area (Å²) in [7, 11) is 0. The molecule has 0 spiro atoms. The van der Waals surface area contributed by atoms with Gasteiger partial charge in [0.05, 0.1) is 0 Å². The van der Waals surface area contributed by atoms with Crippen molar-refractivity contribution >= 4 is 11.3 Å². The summed E-state index contributed by atoms with van der Waals surface area (Å²) in [6, 6.07) is 2.15. The van der Waals surface area contributed by atoms with Crippen LogP contribution in [0.5, 0.6) is 0 Å². The summed E-state index contributed by atoms with van der Waals surface area (Å²) < 4.78 is 0. The van der Waals surface area contributed by atoms with E-state index in [0.29, 0.717) is 5.92 Å². The van der Waals surface area contributed by atoms with Gasteiger partial charge in [0, 0.05) is 12.3 Å². The Morgan fingerprint density at radius 2 is 2.18 bits per heavy atom. The molecule has 1 aliphatic carbocycles. The first-order chi connectivity index (χ1) is 8.42. The molecule has 3 rings (SSSR count). The Balaban J connectivity index is 1.69. The first-order valence-electron chi connectivity index (χ1n) is 6.34. The Kier molecular flexibility index (Phi) is 3.22. The van der Waals surface area contributed by atoms with Crippen molar-refractivity contribution in [3.05, 3.63) is 34.0 Å². The Hall–Kier alpha value is -1.16. The van der Waals surface area contributed by atoms with Gasteiger partial charge in [-0.25, -0.2) is 4.98 Å². The van der Waals surface area contributed by atoms with E-state index in [1.807, 2.05) is 0 Å². The molecular weight excluding hydrogens is 230 g/mol. The Labute approximate surface area is 105 Å². The fourth-order valence-electron chi connectivity index (χ4n) is 2.52. The molecule has 3 nitrogen and oxygen atoms in total. The van der Waals surface area contributed by atoms with Gasteiger partial charge in [-0.2, -0.15) is 16.4 Å².